The topological polar surface area (TPSA) is 123 Å². The number of likely N-dealkylation sites (N-methyl/N-ethyl adjacent to an activating group) is 1. The van der Waals surface area contributed by atoms with Gasteiger partial charge in [0.05, 0.1) is 0 Å². The van der Waals surface area contributed by atoms with Gasteiger partial charge in [0.15, 0.2) is 11.5 Å². The third kappa shape index (κ3) is 3.03. The van der Waals surface area contributed by atoms with Crippen molar-refractivity contribution in [3.05, 3.63) is 45.6 Å². The highest BCUT2D eigenvalue weighted by Gasteiger charge is 2.48. The summed E-state index contributed by atoms with van der Waals surface area (Å²) in [6, 6.07) is 8.91. The van der Waals surface area contributed by atoms with Crippen molar-refractivity contribution in [2.45, 2.75) is 12.0 Å². The first-order valence-corrected chi connectivity index (χ1v) is 9.92. The summed E-state index contributed by atoms with van der Waals surface area (Å²) < 4.78 is 5.86. The Balaban J connectivity index is 1.68. The first kappa shape index (κ1) is 18.8. The van der Waals surface area contributed by atoms with Gasteiger partial charge in [-0.3, -0.25) is 9.59 Å². The van der Waals surface area contributed by atoms with Gasteiger partial charge in [-0.15, -0.1) is 11.3 Å². The lowest BCUT2D eigenvalue weighted by Gasteiger charge is -2.16. The Labute approximate surface area is 172 Å². The minimum absolute atomic E-state index is 0.121. The summed E-state index contributed by atoms with van der Waals surface area (Å²) in [4.78, 5) is 29.4. The number of rotatable bonds is 4. The van der Waals surface area contributed by atoms with Gasteiger partial charge in [0.25, 0.3) is 11.8 Å². The van der Waals surface area contributed by atoms with Gasteiger partial charge in [-0.25, -0.2) is 4.98 Å². The molecule has 0 bridgehead atoms. The lowest BCUT2D eigenvalue weighted by Crippen LogP contribution is -2.35. The number of carbonyl (C=O) groups excluding carboxylic acids is 2. The number of nitrogens with zero attached hydrogens (tertiary/aromatic N) is 3. The van der Waals surface area contributed by atoms with Crippen LogP contribution in [0.25, 0.3) is 21.8 Å². The van der Waals surface area contributed by atoms with E-state index in [2.05, 4.69) is 26.1 Å². The van der Waals surface area contributed by atoms with E-state index < -0.39 is 17.4 Å². The van der Waals surface area contributed by atoms with E-state index in [0.29, 0.717) is 21.0 Å². The molecule has 1 unspecified atom stereocenters. The molecule has 0 saturated carbocycles. The Morgan fingerprint density at radius 3 is 2.79 bits per heavy atom. The van der Waals surface area contributed by atoms with E-state index in [9.17, 15) is 14.7 Å². The van der Waals surface area contributed by atoms with Crippen molar-refractivity contribution in [3.8, 4) is 21.8 Å². The third-order valence-electron chi connectivity index (χ3n) is 4.65. The lowest BCUT2D eigenvalue weighted by atomic mass is 9.98. The molecule has 3 aromatic rings. The van der Waals surface area contributed by atoms with Gasteiger partial charge < -0.3 is 20.3 Å². The number of likely N-dealkylation sites (tertiary alicyclic amines) is 1. The predicted octanol–water partition coefficient (Wildman–Crippen LogP) is 2.38. The van der Waals surface area contributed by atoms with Crippen LogP contribution in [0.15, 0.2) is 38.6 Å². The molecule has 8 nitrogen and oxygen atoms in total. The highest BCUT2D eigenvalue weighted by molar-refractivity contribution is 9.11. The second-order valence-corrected chi connectivity index (χ2v) is 8.82. The number of hydrogen-bond acceptors (Lipinski definition) is 7. The maximum Gasteiger partial charge on any atom is 0.269 e. The number of benzene rings is 1. The number of hydrogen-bond donors (Lipinski definition) is 2. The van der Waals surface area contributed by atoms with Crippen molar-refractivity contribution in [2.75, 3.05) is 13.6 Å². The second-order valence-electron chi connectivity index (χ2n) is 6.50. The van der Waals surface area contributed by atoms with Crippen molar-refractivity contribution in [1.29, 1.82) is 0 Å². The molecule has 0 radical (unpaired) electrons. The number of primary amides is 1. The quantitative estimate of drug-likeness (QED) is 0.613. The van der Waals surface area contributed by atoms with Crippen molar-refractivity contribution in [2.24, 2.45) is 5.73 Å². The number of aliphatic hydroxyl groups is 1. The summed E-state index contributed by atoms with van der Waals surface area (Å²) in [5, 5.41) is 15.3. The van der Waals surface area contributed by atoms with Crippen LogP contribution in [0.3, 0.4) is 0 Å². The van der Waals surface area contributed by atoms with Crippen LogP contribution in [0.4, 0.5) is 0 Å². The highest BCUT2D eigenvalue weighted by atomic mass is 79.9. The van der Waals surface area contributed by atoms with Gasteiger partial charge in [-0.1, -0.05) is 23.4 Å². The van der Waals surface area contributed by atoms with Crippen molar-refractivity contribution < 1.29 is 19.2 Å². The van der Waals surface area contributed by atoms with Crippen LogP contribution in [0.2, 0.25) is 0 Å². The summed E-state index contributed by atoms with van der Waals surface area (Å²) in [7, 11) is 1.63. The minimum Gasteiger partial charge on any atom is -0.373 e. The van der Waals surface area contributed by atoms with E-state index in [4.69, 9.17) is 10.3 Å². The number of nitrogens with two attached hydrogens (primary N) is 1. The number of thiazole rings is 1. The van der Waals surface area contributed by atoms with Gasteiger partial charge in [0, 0.05) is 37.2 Å². The smallest absolute Gasteiger partial charge is 0.269 e. The fourth-order valence-electron chi connectivity index (χ4n) is 3.08. The molecule has 2 amide bonds. The zero-order valence-electron chi connectivity index (χ0n) is 14.7. The SMILES string of the molecule is CN1CCC(O)(c2cc(-c3cccc(-c4nc(C(N)=O)c(Br)s4)c3)no2)C1=O. The minimum atomic E-state index is -1.69. The maximum absolute atomic E-state index is 12.2. The molecule has 3 N–H and O–H groups in total. The highest BCUT2D eigenvalue weighted by Crippen LogP contribution is 2.36. The molecule has 1 aromatic carbocycles. The van der Waals surface area contributed by atoms with E-state index >= 15 is 0 Å². The summed E-state index contributed by atoms with van der Waals surface area (Å²) in [6.07, 6.45) is 0.250. The van der Waals surface area contributed by atoms with Crippen LogP contribution >= 0.6 is 27.3 Å². The van der Waals surface area contributed by atoms with Crippen LogP contribution in [-0.4, -0.2) is 45.6 Å². The van der Waals surface area contributed by atoms with Crippen molar-refractivity contribution in [1.82, 2.24) is 15.0 Å². The zero-order chi connectivity index (χ0) is 20.1. The maximum atomic E-state index is 12.2. The standard InChI is InChI=1S/C18H15BrN4O4S/c1-23-6-5-18(26,17(23)25)12-8-11(22-27-12)9-3-2-4-10(7-9)16-21-13(15(20)24)14(19)28-16/h2-4,7-8,26H,5-6H2,1H3,(H2,20,24). The normalized spacial score (nSPS) is 19.4. The average molecular weight is 463 g/mol. The van der Waals surface area contributed by atoms with Crippen LogP contribution in [-0.2, 0) is 10.4 Å². The Morgan fingerprint density at radius 1 is 1.39 bits per heavy atom. The Kier molecular flexibility index (Phi) is 4.56. The number of aromatic nitrogens is 2. The van der Waals surface area contributed by atoms with Crippen LogP contribution in [0.5, 0.6) is 0 Å². The zero-order valence-corrected chi connectivity index (χ0v) is 17.1. The molecular formula is C18H15BrN4O4S. The predicted molar refractivity (Wildman–Crippen MR) is 105 cm³/mol. The van der Waals surface area contributed by atoms with Gasteiger partial charge >= 0.3 is 0 Å². The summed E-state index contributed by atoms with van der Waals surface area (Å²) in [5.41, 5.74) is 5.80. The van der Waals surface area contributed by atoms with Gasteiger partial charge in [0.2, 0.25) is 5.60 Å². The largest absolute Gasteiger partial charge is 0.373 e. The molecular weight excluding hydrogens is 448 g/mol. The molecule has 1 saturated heterocycles. The second kappa shape index (κ2) is 6.80. The molecule has 0 spiro atoms. The molecule has 144 valence electrons. The molecule has 1 aliphatic heterocycles. The van der Waals surface area contributed by atoms with Crippen LogP contribution in [0.1, 0.15) is 22.7 Å². The van der Waals surface area contributed by atoms with E-state index in [0.717, 1.165) is 11.1 Å². The van der Waals surface area contributed by atoms with Gasteiger partial charge in [-0.05, 0) is 22.0 Å². The van der Waals surface area contributed by atoms with Crippen LogP contribution < -0.4 is 5.73 Å². The molecule has 2 aromatic heterocycles. The molecule has 10 heteroatoms. The molecule has 0 aliphatic carbocycles. The van der Waals surface area contributed by atoms with Crippen molar-refractivity contribution in [3.63, 3.8) is 0 Å². The monoisotopic (exact) mass is 462 g/mol. The van der Waals surface area contributed by atoms with E-state index in [1.807, 2.05) is 24.3 Å². The van der Waals surface area contributed by atoms with Gasteiger partial charge in [-0.2, -0.15) is 0 Å². The van der Waals surface area contributed by atoms with E-state index in [1.54, 1.807) is 13.1 Å². The number of halogens is 1. The average Bonchev–Trinajstić information content (AvgIpc) is 3.38. The molecule has 1 fully saturated rings. The Hall–Kier alpha value is -2.56. The summed E-state index contributed by atoms with van der Waals surface area (Å²) >= 11 is 4.60. The first-order valence-electron chi connectivity index (χ1n) is 8.31. The number of carbonyl (C=O) groups is 2. The molecule has 28 heavy (non-hydrogen) atoms. The van der Waals surface area contributed by atoms with Crippen LogP contribution in [0, 0.1) is 0 Å². The fourth-order valence-corrected chi connectivity index (χ4v) is 4.62. The van der Waals surface area contributed by atoms with Gasteiger partial charge in [0.1, 0.15) is 14.5 Å². The Morgan fingerprint density at radius 2 is 2.14 bits per heavy atom. The summed E-state index contributed by atoms with van der Waals surface area (Å²) in [5.74, 6) is -0.892. The molecule has 1 aliphatic rings. The first-order chi connectivity index (χ1) is 13.3. The lowest BCUT2D eigenvalue weighted by molar-refractivity contribution is -0.144. The molecule has 4 rings (SSSR count). The summed E-state index contributed by atoms with van der Waals surface area (Å²) in [6.45, 7) is 0.446. The Bertz CT molecular complexity index is 1090. The van der Waals surface area contributed by atoms with E-state index in [-0.39, 0.29) is 17.9 Å². The fraction of sp³-hybridized carbons (Fsp3) is 0.222. The number of amides is 2. The van der Waals surface area contributed by atoms with E-state index in [1.165, 1.54) is 16.2 Å². The van der Waals surface area contributed by atoms with Crippen molar-refractivity contribution >= 4 is 39.1 Å². The molecule has 3 heterocycles. The molecule has 1 atom stereocenters. The third-order valence-corrected chi connectivity index (χ3v) is 6.41.